The predicted molar refractivity (Wildman–Crippen MR) is 272 cm³/mol. The van der Waals surface area contributed by atoms with Gasteiger partial charge in [-0.1, -0.05) is 100 Å². The van der Waals surface area contributed by atoms with Crippen LogP contribution in [0.25, 0.3) is 10.9 Å². The van der Waals surface area contributed by atoms with Crippen LogP contribution < -0.4 is 49.1 Å². The average molecular weight is 1020 g/mol. The van der Waals surface area contributed by atoms with Gasteiger partial charge in [0.05, 0.1) is 24.3 Å². The molecule has 0 aliphatic carbocycles. The number of aromatic nitrogens is 1. The van der Waals surface area contributed by atoms with Crippen molar-refractivity contribution in [1.82, 2.24) is 36.9 Å². The van der Waals surface area contributed by atoms with E-state index in [4.69, 9.17) is 21.9 Å². The van der Waals surface area contributed by atoms with E-state index < -0.39 is 109 Å². The third-order valence-electron chi connectivity index (χ3n) is 11.7. The SMILES string of the molecule is C[C@@H](O)[C@H](N)COC(=O)[C@@H]1CSSC[C@H](NC(=O)[C@H](N)Cc2ccccc2)C(=O)N[C@@H](Cc2ccccc2)C(=O)N[C@H](Cc2c[nH]c3ccccc23)C(=O)N[C@@H](CCCCN)C(=O)N[C@@H]([C@@H](C)O)C(=O)N1. The van der Waals surface area contributed by atoms with Crippen molar-refractivity contribution in [1.29, 1.82) is 0 Å². The molecule has 1 fully saturated rings. The largest absolute Gasteiger partial charge is 0.462 e. The van der Waals surface area contributed by atoms with E-state index in [0.29, 0.717) is 24.0 Å². The van der Waals surface area contributed by atoms with Gasteiger partial charge in [0.15, 0.2) is 0 Å². The molecule has 384 valence electrons. The zero-order valence-corrected chi connectivity index (χ0v) is 41.3. The number of H-pyrrole nitrogens is 1. The van der Waals surface area contributed by atoms with Crippen molar-refractivity contribution in [2.24, 2.45) is 17.2 Å². The Morgan fingerprint density at radius 1 is 0.718 bits per heavy atom. The summed E-state index contributed by atoms with van der Waals surface area (Å²) in [6.45, 7) is 2.52. The lowest BCUT2D eigenvalue weighted by Gasteiger charge is -2.29. The smallest absolute Gasteiger partial charge is 0.329 e. The Bertz CT molecular complexity index is 2400. The molecule has 0 unspecified atom stereocenters. The number of aliphatic hydroxyl groups is 2. The van der Waals surface area contributed by atoms with E-state index in [1.165, 1.54) is 13.8 Å². The molecule has 20 nitrogen and oxygen atoms in total. The van der Waals surface area contributed by atoms with Gasteiger partial charge in [0.2, 0.25) is 35.4 Å². The fourth-order valence-corrected chi connectivity index (χ4v) is 9.84. The number of nitrogens with two attached hydrogens (primary N) is 3. The molecule has 0 radical (unpaired) electrons. The van der Waals surface area contributed by atoms with Gasteiger partial charge < -0.3 is 69.0 Å². The summed E-state index contributed by atoms with van der Waals surface area (Å²) in [7, 11) is 2.07. The molecule has 0 spiro atoms. The van der Waals surface area contributed by atoms with Gasteiger partial charge in [0, 0.05) is 41.4 Å². The van der Waals surface area contributed by atoms with Gasteiger partial charge in [-0.3, -0.25) is 28.8 Å². The second-order valence-corrected chi connectivity index (χ2v) is 20.0. The average Bonchev–Trinajstić information content (AvgIpc) is 3.76. The third kappa shape index (κ3) is 17.4. The lowest BCUT2D eigenvalue weighted by molar-refractivity contribution is -0.148. The van der Waals surface area contributed by atoms with Crippen molar-refractivity contribution >= 4 is 73.9 Å². The highest BCUT2D eigenvalue weighted by molar-refractivity contribution is 8.76. The number of para-hydroxylation sites is 1. The van der Waals surface area contributed by atoms with E-state index in [-0.39, 0.29) is 43.7 Å². The van der Waals surface area contributed by atoms with Gasteiger partial charge in [-0.05, 0) is 68.8 Å². The van der Waals surface area contributed by atoms with Crippen LogP contribution in [0, 0.1) is 0 Å². The minimum absolute atomic E-state index is 0.0387. The monoisotopic (exact) mass is 1020 g/mol. The van der Waals surface area contributed by atoms with Crippen LogP contribution in [-0.4, -0.2) is 142 Å². The highest BCUT2D eigenvalue weighted by atomic mass is 33.1. The van der Waals surface area contributed by atoms with E-state index in [1.54, 1.807) is 48.7 Å². The zero-order valence-electron chi connectivity index (χ0n) is 39.7. The summed E-state index contributed by atoms with van der Waals surface area (Å²) in [6, 6.07) is 14.8. The number of benzene rings is 3. The summed E-state index contributed by atoms with van der Waals surface area (Å²) in [6.07, 6.45) is 0.0347. The minimum Gasteiger partial charge on any atom is -0.462 e. The Morgan fingerprint density at radius 3 is 1.97 bits per heavy atom. The maximum absolute atomic E-state index is 14.7. The number of aliphatic hydroxyl groups excluding tert-OH is 2. The van der Waals surface area contributed by atoms with Gasteiger partial charge in [-0.15, -0.1) is 0 Å². The van der Waals surface area contributed by atoms with E-state index in [9.17, 15) is 43.8 Å². The molecular weight excluding hydrogens is 953 g/mol. The fourth-order valence-electron chi connectivity index (χ4n) is 7.53. The molecule has 1 saturated heterocycles. The second kappa shape index (κ2) is 28.1. The Labute approximate surface area is 420 Å². The van der Waals surface area contributed by atoms with Crippen molar-refractivity contribution in [3.63, 3.8) is 0 Å². The van der Waals surface area contributed by atoms with Gasteiger partial charge in [0.25, 0.3) is 0 Å². The van der Waals surface area contributed by atoms with Gasteiger partial charge in [-0.2, -0.15) is 0 Å². The van der Waals surface area contributed by atoms with Crippen LogP contribution in [0.2, 0.25) is 0 Å². The molecule has 5 rings (SSSR count). The number of unbranched alkanes of at least 4 members (excludes halogenated alkanes) is 1. The van der Waals surface area contributed by atoms with Crippen LogP contribution in [0.3, 0.4) is 0 Å². The topological polar surface area (TPSA) is 335 Å². The molecule has 6 amide bonds. The van der Waals surface area contributed by atoms with Crippen molar-refractivity contribution in [3.8, 4) is 0 Å². The Hall–Kier alpha value is -6.01. The first-order valence-corrected chi connectivity index (χ1v) is 26.0. The number of hydrogen-bond acceptors (Lipinski definition) is 15. The maximum atomic E-state index is 14.7. The van der Waals surface area contributed by atoms with Crippen LogP contribution in [0.5, 0.6) is 0 Å². The number of ether oxygens (including phenoxy) is 1. The maximum Gasteiger partial charge on any atom is 0.329 e. The number of carbonyl (C=O) groups is 7. The molecule has 1 aliphatic heterocycles. The fraction of sp³-hybridized carbons (Fsp3) is 0.449. The standard InChI is InChI=1S/C49H66N10O10S2/c1-28(60)35(52)25-69-49(68)41-27-71-70-26-40(57-43(62)34(51)21-30-13-5-3-6-14-30)47(66)55-38(22-31-15-7-4-8-16-31)45(64)56-39(23-32-24-53-36-18-10-9-17-33(32)36)46(65)54-37(19-11-12-20-50)44(63)59-42(29(2)61)48(67)58-41/h3-10,13-18,24,28-29,34-35,37-42,53,60-61H,11-12,19-23,25-27,50-52H2,1-2H3,(H,54,65)(H,55,66)(H,56,64)(H,57,62)(H,58,67)(H,59,63)/t28-,29-,34-,35-,37+,38+,39-,40+,41+,42+/m1/s1. The number of nitrogens with one attached hydrogen (secondary N) is 7. The molecule has 1 aromatic heterocycles. The minimum atomic E-state index is -1.65. The van der Waals surface area contributed by atoms with Crippen molar-refractivity contribution in [3.05, 3.63) is 108 Å². The second-order valence-electron chi connectivity index (χ2n) is 17.5. The molecule has 15 N–H and O–H groups in total. The van der Waals surface area contributed by atoms with Gasteiger partial charge in [0.1, 0.15) is 42.9 Å². The molecule has 71 heavy (non-hydrogen) atoms. The lowest BCUT2D eigenvalue weighted by Crippen LogP contribution is -2.62. The van der Waals surface area contributed by atoms with Crippen molar-refractivity contribution < 1.29 is 48.5 Å². The van der Waals surface area contributed by atoms with Gasteiger partial charge in [-0.25, -0.2) is 4.79 Å². The predicted octanol–water partition coefficient (Wildman–Crippen LogP) is -0.412. The molecule has 22 heteroatoms. The van der Waals surface area contributed by atoms with Crippen LogP contribution in [-0.2, 0) is 57.6 Å². The zero-order chi connectivity index (χ0) is 51.5. The summed E-state index contributed by atoms with van der Waals surface area (Å²) >= 11 is 0. The summed E-state index contributed by atoms with van der Waals surface area (Å²) < 4.78 is 5.38. The van der Waals surface area contributed by atoms with E-state index >= 15 is 0 Å². The molecular formula is C49H66N10O10S2. The first-order valence-electron chi connectivity index (χ1n) is 23.5. The number of carbonyl (C=O) groups excluding carboxylic acids is 7. The lowest BCUT2D eigenvalue weighted by atomic mass is 10.0. The van der Waals surface area contributed by atoms with Crippen molar-refractivity contribution in [2.75, 3.05) is 24.7 Å². The molecule has 4 aromatic rings. The van der Waals surface area contributed by atoms with Crippen LogP contribution in [0.15, 0.2) is 91.1 Å². The van der Waals surface area contributed by atoms with Crippen LogP contribution in [0.4, 0.5) is 0 Å². The highest BCUT2D eigenvalue weighted by Gasteiger charge is 2.36. The highest BCUT2D eigenvalue weighted by Crippen LogP contribution is 2.25. The first-order chi connectivity index (χ1) is 34.0. The molecule has 10 atom stereocenters. The summed E-state index contributed by atoms with van der Waals surface area (Å²) in [4.78, 5) is 103. The summed E-state index contributed by atoms with van der Waals surface area (Å²) in [5.74, 6) is -6.10. The van der Waals surface area contributed by atoms with Crippen LogP contribution >= 0.6 is 21.6 Å². The number of esters is 1. The summed E-state index contributed by atoms with van der Waals surface area (Å²) in [5.41, 5.74) is 20.9. The van der Waals surface area contributed by atoms with Crippen LogP contribution in [0.1, 0.15) is 49.8 Å². The Kier molecular flexibility index (Phi) is 22.2. The molecule has 0 saturated carbocycles. The third-order valence-corrected chi connectivity index (χ3v) is 14.2. The summed E-state index contributed by atoms with van der Waals surface area (Å²) in [5, 5.41) is 37.8. The molecule has 2 heterocycles. The first kappa shape index (κ1) is 55.9. The van der Waals surface area contributed by atoms with Gasteiger partial charge >= 0.3 is 5.97 Å². The van der Waals surface area contributed by atoms with E-state index in [2.05, 4.69) is 36.9 Å². The normalized spacial score (nSPS) is 22.8. The van der Waals surface area contributed by atoms with E-state index in [0.717, 1.165) is 38.1 Å². The quantitative estimate of drug-likeness (QED) is 0.0364. The number of fused-ring (bicyclic) bond motifs is 1. The van der Waals surface area contributed by atoms with E-state index in [1.807, 2.05) is 42.5 Å². The molecule has 0 bridgehead atoms. The number of hydrogen-bond donors (Lipinski definition) is 12. The Balaban J connectivity index is 1.55. The molecule has 3 aromatic carbocycles. The molecule has 1 aliphatic rings. The number of rotatable bonds is 17. The Morgan fingerprint density at radius 2 is 1.31 bits per heavy atom. The number of aromatic amines is 1. The number of amides is 6. The van der Waals surface area contributed by atoms with Crippen molar-refractivity contribution in [2.45, 2.75) is 113 Å².